The number of fused-ring (bicyclic) bond motifs is 1. The predicted molar refractivity (Wildman–Crippen MR) is 101 cm³/mol. The molecule has 0 aliphatic carbocycles. The lowest BCUT2D eigenvalue weighted by Crippen LogP contribution is -2.05. The molecule has 5 heteroatoms. The Morgan fingerprint density at radius 3 is 2.54 bits per heavy atom. The summed E-state index contributed by atoms with van der Waals surface area (Å²) in [6.45, 7) is 6.10. The van der Waals surface area contributed by atoms with Gasteiger partial charge >= 0.3 is 0 Å². The highest BCUT2D eigenvalue weighted by Gasteiger charge is 2.13. The molecule has 0 radical (unpaired) electrons. The highest BCUT2D eigenvalue weighted by Crippen LogP contribution is 2.32. The van der Waals surface area contributed by atoms with E-state index in [9.17, 15) is 4.79 Å². The Labute approximate surface area is 151 Å². The van der Waals surface area contributed by atoms with Crippen molar-refractivity contribution >= 4 is 11.0 Å². The summed E-state index contributed by atoms with van der Waals surface area (Å²) in [5.74, 6) is 1.77. The van der Waals surface area contributed by atoms with Gasteiger partial charge in [0.15, 0.2) is 16.9 Å². The van der Waals surface area contributed by atoms with Crippen LogP contribution in [-0.4, -0.2) is 20.8 Å². The van der Waals surface area contributed by atoms with Crippen molar-refractivity contribution in [2.75, 3.05) is 20.8 Å². The van der Waals surface area contributed by atoms with Gasteiger partial charge in [-0.25, -0.2) is 0 Å². The first-order valence-electron chi connectivity index (χ1n) is 8.08. The van der Waals surface area contributed by atoms with Gasteiger partial charge in [0.1, 0.15) is 24.2 Å². The van der Waals surface area contributed by atoms with Crippen molar-refractivity contribution in [2.24, 2.45) is 0 Å². The third-order valence-corrected chi connectivity index (χ3v) is 3.93. The molecule has 0 N–H and O–H groups in total. The van der Waals surface area contributed by atoms with E-state index in [2.05, 4.69) is 6.58 Å². The first-order chi connectivity index (χ1) is 12.5. The molecule has 0 atom stereocenters. The second-order valence-corrected chi connectivity index (χ2v) is 5.95. The number of benzene rings is 2. The van der Waals surface area contributed by atoms with E-state index < -0.39 is 0 Å². The molecule has 5 nitrogen and oxygen atoms in total. The minimum Gasteiger partial charge on any atom is -0.493 e. The molecule has 3 aromatic rings. The van der Waals surface area contributed by atoms with E-state index >= 15 is 0 Å². The standard InChI is InChI=1S/C21H20O5/c1-13(2)11-25-15-6-7-16-19(10-15)26-12-17(21(16)22)14-5-8-18(23-3)20(9-14)24-4/h5-10,12H,1,11H2,2-4H3. The van der Waals surface area contributed by atoms with Gasteiger partial charge in [0.05, 0.1) is 25.2 Å². The van der Waals surface area contributed by atoms with Crippen molar-refractivity contribution < 1.29 is 18.6 Å². The van der Waals surface area contributed by atoms with E-state index in [0.29, 0.717) is 46.0 Å². The summed E-state index contributed by atoms with van der Waals surface area (Å²) < 4.78 is 21.8. The van der Waals surface area contributed by atoms with Gasteiger partial charge in [-0.1, -0.05) is 12.6 Å². The molecule has 0 fully saturated rings. The Balaban J connectivity index is 2.03. The van der Waals surface area contributed by atoms with Crippen LogP contribution in [0.25, 0.3) is 22.1 Å². The van der Waals surface area contributed by atoms with Crippen molar-refractivity contribution in [3.8, 4) is 28.4 Å². The fourth-order valence-electron chi connectivity index (χ4n) is 2.61. The minimum atomic E-state index is -0.120. The number of methoxy groups -OCH3 is 2. The summed E-state index contributed by atoms with van der Waals surface area (Å²) in [5.41, 5.74) is 2.41. The van der Waals surface area contributed by atoms with Crippen LogP contribution < -0.4 is 19.6 Å². The van der Waals surface area contributed by atoms with E-state index in [1.165, 1.54) is 6.26 Å². The van der Waals surface area contributed by atoms with Crippen molar-refractivity contribution in [3.05, 3.63) is 65.0 Å². The van der Waals surface area contributed by atoms with Gasteiger partial charge in [-0.05, 0) is 42.3 Å². The summed E-state index contributed by atoms with van der Waals surface area (Å²) in [6, 6.07) is 10.5. The second-order valence-electron chi connectivity index (χ2n) is 5.95. The Morgan fingerprint density at radius 1 is 1.08 bits per heavy atom. The third kappa shape index (κ3) is 3.42. The minimum absolute atomic E-state index is 0.120. The molecular formula is C21H20O5. The molecule has 1 heterocycles. The summed E-state index contributed by atoms with van der Waals surface area (Å²) in [6.07, 6.45) is 1.45. The molecule has 0 spiro atoms. The van der Waals surface area contributed by atoms with Crippen LogP contribution in [0.15, 0.2) is 64.0 Å². The molecular weight excluding hydrogens is 332 g/mol. The first-order valence-corrected chi connectivity index (χ1v) is 8.08. The molecule has 0 saturated carbocycles. The smallest absolute Gasteiger partial charge is 0.200 e. The van der Waals surface area contributed by atoms with Gasteiger partial charge in [0.25, 0.3) is 0 Å². The van der Waals surface area contributed by atoms with E-state index in [-0.39, 0.29) is 5.43 Å². The van der Waals surface area contributed by atoms with Crippen molar-refractivity contribution in [1.29, 1.82) is 0 Å². The molecule has 2 aromatic carbocycles. The van der Waals surface area contributed by atoms with Crippen LogP contribution >= 0.6 is 0 Å². The monoisotopic (exact) mass is 352 g/mol. The zero-order valence-electron chi connectivity index (χ0n) is 15.0. The highest BCUT2D eigenvalue weighted by atomic mass is 16.5. The Hall–Kier alpha value is -3.21. The molecule has 0 aliphatic heterocycles. The number of hydrogen-bond acceptors (Lipinski definition) is 5. The zero-order chi connectivity index (χ0) is 18.7. The molecule has 1 aromatic heterocycles. The highest BCUT2D eigenvalue weighted by molar-refractivity contribution is 5.83. The number of hydrogen-bond donors (Lipinski definition) is 0. The Kier molecular flexibility index (Phi) is 4.98. The summed E-state index contributed by atoms with van der Waals surface area (Å²) >= 11 is 0. The summed E-state index contributed by atoms with van der Waals surface area (Å²) in [5, 5.41) is 0.486. The zero-order valence-corrected chi connectivity index (χ0v) is 15.0. The first kappa shape index (κ1) is 17.6. The van der Waals surface area contributed by atoms with Crippen LogP contribution in [0.4, 0.5) is 0 Å². The lowest BCUT2D eigenvalue weighted by Gasteiger charge is -2.10. The molecule has 0 saturated heterocycles. The van der Waals surface area contributed by atoms with Crippen molar-refractivity contribution in [3.63, 3.8) is 0 Å². The van der Waals surface area contributed by atoms with E-state index in [1.54, 1.807) is 50.6 Å². The Morgan fingerprint density at radius 2 is 1.85 bits per heavy atom. The van der Waals surface area contributed by atoms with Gasteiger partial charge in [0.2, 0.25) is 0 Å². The fourth-order valence-corrected chi connectivity index (χ4v) is 2.61. The summed E-state index contributed by atoms with van der Waals surface area (Å²) in [4.78, 5) is 12.9. The van der Waals surface area contributed by atoms with E-state index in [0.717, 1.165) is 5.57 Å². The molecule has 134 valence electrons. The number of ether oxygens (including phenoxy) is 3. The molecule has 0 amide bonds. The predicted octanol–water partition coefficient (Wildman–Crippen LogP) is 4.43. The molecule has 0 aliphatic rings. The summed E-state index contributed by atoms with van der Waals surface area (Å²) in [7, 11) is 3.12. The normalized spacial score (nSPS) is 10.6. The molecule has 26 heavy (non-hydrogen) atoms. The maximum absolute atomic E-state index is 12.9. The lowest BCUT2D eigenvalue weighted by molar-refractivity contribution is 0.352. The SMILES string of the molecule is C=C(C)COc1ccc2c(=O)c(-c3ccc(OC)c(OC)c3)coc2c1. The average molecular weight is 352 g/mol. The average Bonchev–Trinajstić information content (AvgIpc) is 2.66. The van der Waals surface area contributed by atoms with Gasteiger partial charge in [0, 0.05) is 6.07 Å². The fraction of sp³-hybridized carbons (Fsp3) is 0.190. The Bertz CT molecular complexity index is 1020. The van der Waals surface area contributed by atoms with Crippen molar-refractivity contribution in [1.82, 2.24) is 0 Å². The van der Waals surface area contributed by atoms with Crippen LogP contribution in [0, 0.1) is 0 Å². The van der Waals surface area contributed by atoms with Gasteiger partial charge < -0.3 is 18.6 Å². The topological polar surface area (TPSA) is 57.9 Å². The van der Waals surface area contributed by atoms with Crippen LogP contribution in [0.3, 0.4) is 0 Å². The van der Waals surface area contributed by atoms with Crippen molar-refractivity contribution in [2.45, 2.75) is 6.92 Å². The quantitative estimate of drug-likeness (QED) is 0.614. The maximum Gasteiger partial charge on any atom is 0.200 e. The van der Waals surface area contributed by atoms with E-state index in [1.807, 2.05) is 6.92 Å². The van der Waals surface area contributed by atoms with Gasteiger partial charge in [-0.2, -0.15) is 0 Å². The third-order valence-electron chi connectivity index (χ3n) is 3.93. The maximum atomic E-state index is 12.9. The molecule has 3 rings (SSSR count). The van der Waals surface area contributed by atoms with E-state index in [4.69, 9.17) is 18.6 Å². The van der Waals surface area contributed by atoms with Crippen LogP contribution in [0.5, 0.6) is 17.2 Å². The lowest BCUT2D eigenvalue weighted by atomic mass is 10.0. The van der Waals surface area contributed by atoms with Crippen LogP contribution in [0.2, 0.25) is 0 Å². The van der Waals surface area contributed by atoms with Gasteiger partial charge in [-0.3, -0.25) is 4.79 Å². The molecule has 0 unspecified atom stereocenters. The number of rotatable bonds is 6. The van der Waals surface area contributed by atoms with Crippen LogP contribution in [-0.2, 0) is 0 Å². The van der Waals surface area contributed by atoms with Gasteiger partial charge in [-0.15, -0.1) is 0 Å². The largest absolute Gasteiger partial charge is 0.493 e. The van der Waals surface area contributed by atoms with Crippen LogP contribution in [0.1, 0.15) is 6.92 Å². The second kappa shape index (κ2) is 7.35. The molecule has 0 bridgehead atoms.